The van der Waals surface area contributed by atoms with E-state index in [0.717, 1.165) is 24.1 Å². The van der Waals surface area contributed by atoms with Crippen LogP contribution in [0.15, 0.2) is 17.6 Å². The summed E-state index contributed by atoms with van der Waals surface area (Å²) < 4.78 is 0. The molecule has 0 aromatic carbocycles. The molecule has 150 valence electrons. The molecule has 0 bridgehead atoms. The summed E-state index contributed by atoms with van der Waals surface area (Å²) in [6.45, 7) is 7.55. The molecule has 0 unspecified atom stereocenters. The number of amides is 2. The van der Waals surface area contributed by atoms with Crippen LogP contribution in [0.25, 0.3) is 0 Å². The molecule has 1 fully saturated rings. The molecule has 2 amide bonds. The highest BCUT2D eigenvalue weighted by Gasteiger charge is 2.36. The number of carbonyl (C=O) groups is 2. The second-order valence-electron chi connectivity index (χ2n) is 8.85. The van der Waals surface area contributed by atoms with Gasteiger partial charge in [-0.3, -0.25) is 9.59 Å². The molecule has 1 N–H and O–H groups in total. The molecule has 7 heteroatoms. The average Bonchev–Trinajstić information content (AvgIpc) is 3.39. The first kappa shape index (κ1) is 19.6. The lowest BCUT2D eigenvalue weighted by molar-refractivity contribution is -0.119. The van der Waals surface area contributed by atoms with E-state index in [-0.39, 0.29) is 17.2 Å². The minimum Gasteiger partial charge on any atom is -0.326 e. The summed E-state index contributed by atoms with van der Waals surface area (Å²) in [6, 6.07) is 1.69. The van der Waals surface area contributed by atoms with E-state index < -0.39 is 6.04 Å². The Bertz CT molecular complexity index is 867. The molecular formula is C21H27N3O2S2. The number of hydrogen-bond acceptors (Lipinski definition) is 5. The maximum Gasteiger partial charge on any atom is 0.264 e. The molecule has 2 aliphatic rings. The van der Waals surface area contributed by atoms with Crippen molar-refractivity contribution in [3.8, 4) is 0 Å². The Morgan fingerprint density at radius 1 is 1.29 bits per heavy atom. The van der Waals surface area contributed by atoms with Crippen molar-refractivity contribution in [1.82, 2.24) is 9.88 Å². The third kappa shape index (κ3) is 3.87. The van der Waals surface area contributed by atoms with Crippen LogP contribution in [-0.4, -0.2) is 34.3 Å². The SMILES string of the molecule is CC(C)(C)[C@@H]1CCc2sc(C(=O)N3CCC[C@@H]3C(=O)Nc3nccs3)cc2C1. The van der Waals surface area contributed by atoms with Crippen molar-refractivity contribution >= 4 is 39.6 Å². The molecule has 2 aromatic heterocycles. The molecule has 0 spiro atoms. The van der Waals surface area contributed by atoms with Gasteiger partial charge in [-0.05, 0) is 55.1 Å². The highest BCUT2D eigenvalue weighted by atomic mass is 32.1. The van der Waals surface area contributed by atoms with Gasteiger partial charge in [-0.25, -0.2) is 4.98 Å². The lowest BCUT2D eigenvalue weighted by Gasteiger charge is -2.33. The van der Waals surface area contributed by atoms with Crippen LogP contribution in [0.4, 0.5) is 5.13 Å². The molecule has 0 saturated carbocycles. The third-order valence-corrected chi connectivity index (χ3v) is 7.91. The van der Waals surface area contributed by atoms with E-state index in [0.29, 0.717) is 24.0 Å². The minimum atomic E-state index is -0.405. The number of hydrogen-bond donors (Lipinski definition) is 1. The second-order valence-corrected chi connectivity index (χ2v) is 10.9. The Morgan fingerprint density at radius 3 is 2.82 bits per heavy atom. The van der Waals surface area contributed by atoms with Gasteiger partial charge in [-0.2, -0.15) is 0 Å². The number of anilines is 1. The van der Waals surface area contributed by atoms with E-state index in [1.54, 1.807) is 22.4 Å². The van der Waals surface area contributed by atoms with Gasteiger partial charge in [0.2, 0.25) is 5.91 Å². The van der Waals surface area contributed by atoms with Crippen LogP contribution in [0.2, 0.25) is 0 Å². The zero-order valence-electron chi connectivity index (χ0n) is 16.7. The van der Waals surface area contributed by atoms with Crippen molar-refractivity contribution in [2.24, 2.45) is 11.3 Å². The monoisotopic (exact) mass is 417 g/mol. The Morgan fingerprint density at radius 2 is 2.11 bits per heavy atom. The lowest BCUT2D eigenvalue weighted by atomic mass is 9.72. The highest BCUT2D eigenvalue weighted by Crippen LogP contribution is 2.40. The normalized spacial score (nSPS) is 22.2. The van der Waals surface area contributed by atoms with Gasteiger partial charge in [-0.15, -0.1) is 22.7 Å². The van der Waals surface area contributed by atoms with Crippen LogP contribution < -0.4 is 5.32 Å². The first-order chi connectivity index (χ1) is 13.3. The van der Waals surface area contributed by atoms with Gasteiger partial charge in [0.05, 0.1) is 4.88 Å². The molecular weight excluding hydrogens is 390 g/mol. The van der Waals surface area contributed by atoms with Crippen molar-refractivity contribution < 1.29 is 9.59 Å². The molecule has 5 nitrogen and oxygen atoms in total. The predicted molar refractivity (Wildman–Crippen MR) is 114 cm³/mol. The van der Waals surface area contributed by atoms with Crippen molar-refractivity contribution in [2.75, 3.05) is 11.9 Å². The van der Waals surface area contributed by atoms with Crippen LogP contribution in [0.1, 0.15) is 60.1 Å². The quantitative estimate of drug-likeness (QED) is 0.794. The van der Waals surface area contributed by atoms with E-state index in [1.807, 2.05) is 5.38 Å². The van der Waals surface area contributed by atoms with E-state index >= 15 is 0 Å². The van der Waals surface area contributed by atoms with Crippen LogP contribution in [0.5, 0.6) is 0 Å². The van der Waals surface area contributed by atoms with Gasteiger partial charge in [-0.1, -0.05) is 20.8 Å². The molecule has 4 rings (SSSR count). The van der Waals surface area contributed by atoms with Gasteiger partial charge < -0.3 is 10.2 Å². The fraction of sp³-hybridized carbons (Fsp3) is 0.571. The first-order valence-corrected chi connectivity index (χ1v) is 11.7. The number of thiazole rings is 1. The predicted octanol–water partition coefficient (Wildman–Crippen LogP) is 4.60. The third-order valence-electron chi connectivity index (χ3n) is 6.00. The number of nitrogens with zero attached hydrogens (tertiary/aromatic N) is 2. The van der Waals surface area contributed by atoms with Gasteiger partial charge in [0.15, 0.2) is 5.13 Å². The largest absolute Gasteiger partial charge is 0.326 e. The van der Waals surface area contributed by atoms with Crippen molar-refractivity contribution in [3.63, 3.8) is 0 Å². The van der Waals surface area contributed by atoms with Crippen LogP contribution in [0, 0.1) is 11.3 Å². The van der Waals surface area contributed by atoms with Gasteiger partial charge in [0, 0.05) is 23.0 Å². The van der Waals surface area contributed by atoms with Gasteiger partial charge in [0.1, 0.15) is 6.04 Å². The van der Waals surface area contributed by atoms with Crippen LogP contribution in [0.3, 0.4) is 0 Å². The summed E-state index contributed by atoms with van der Waals surface area (Å²) >= 11 is 3.02. The van der Waals surface area contributed by atoms with Gasteiger partial charge >= 0.3 is 0 Å². The zero-order valence-corrected chi connectivity index (χ0v) is 18.3. The summed E-state index contributed by atoms with van der Waals surface area (Å²) in [5, 5.41) is 5.26. The molecule has 1 saturated heterocycles. The fourth-order valence-corrected chi connectivity index (χ4v) is 5.96. The number of likely N-dealkylation sites (tertiary alicyclic amines) is 1. The molecule has 3 heterocycles. The lowest BCUT2D eigenvalue weighted by Crippen LogP contribution is -2.42. The second kappa shape index (κ2) is 7.59. The molecule has 2 atom stereocenters. The maximum atomic E-state index is 13.2. The van der Waals surface area contributed by atoms with Gasteiger partial charge in [0.25, 0.3) is 5.91 Å². The summed E-state index contributed by atoms with van der Waals surface area (Å²) in [5.41, 5.74) is 1.63. The van der Waals surface area contributed by atoms with Crippen molar-refractivity contribution in [2.45, 2.75) is 58.9 Å². The molecule has 1 aliphatic heterocycles. The number of aryl methyl sites for hydroxylation is 1. The summed E-state index contributed by atoms with van der Waals surface area (Å²) in [5.74, 6) is 0.527. The number of aromatic nitrogens is 1. The molecule has 0 radical (unpaired) electrons. The minimum absolute atomic E-state index is 0.00324. The number of fused-ring (bicyclic) bond motifs is 1. The Kier molecular flexibility index (Phi) is 5.31. The summed E-state index contributed by atoms with van der Waals surface area (Å²) in [6.07, 6.45) is 6.53. The van der Waals surface area contributed by atoms with Crippen LogP contribution in [-0.2, 0) is 17.6 Å². The number of thiophene rings is 1. The first-order valence-electron chi connectivity index (χ1n) is 9.96. The Hall–Kier alpha value is -1.73. The standard InChI is InChI=1S/C21H27N3O2S2/c1-21(2,3)14-6-7-16-13(11-14)12-17(28-16)19(26)24-9-4-5-15(24)18(25)23-20-22-8-10-27-20/h8,10,12,14-15H,4-7,9,11H2,1-3H3,(H,22,23,25)/t14-,15-/m1/s1. The topological polar surface area (TPSA) is 62.3 Å². The summed E-state index contributed by atoms with van der Waals surface area (Å²) in [4.78, 5) is 33.9. The highest BCUT2D eigenvalue weighted by molar-refractivity contribution is 7.14. The maximum absolute atomic E-state index is 13.2. The van der Waals surface area contributed by atoms with E-state index in [9.17, 15) is 9.59 Å². The smallest absolute Gasteiger partial charge is 0.264 e. The van der Waals surface area contributed by atoms with Crippen molar-refractivity contribution in [1.29, 1.82) is 0 Å². The number of nitrogens with one attached hydrogen (secondary N) is 1. The molecule has 28 heavy (non-hydrogen) atoms. The molecule has 2 aromatic rings. The molecule has 1 aliphatic carbocycles. The van der Waals surface area contributed by atoms with E-state index in [4.69, 9.17) is 0 Å². The zero-order chi connectivity index (χ0) is 19.9. The fourth-order valence-electron chi connectivity index (χ4n) is 4.27. The average molecular weight is 418 g/mol. The number of rotatable bonds is 3. The van der Waals surface area contributed by atoms with Crippen LogP contribution >= 0.6 is 22.7 Å². The van der Waals surface area contributed by atoms with Crippen molar-refractivity contribution in [3.05, 3.63) is 33.0 Å². The number of carbonyl (C=O) groups excluding carboxylic acids is 2. The Labute approximate surface area is 174 Å². The Balaban J connectivity index is 1.48. The van der Waals surface area contributed by atoms with E-state index in [2.05, 4.69) is 37.1 Å². The van der Waals surface area contributed by atoms with E-state index in [1.165, 1.54) is 28.2 Å². The summed E-state index contributed by atoms with van der Waals surface area (Å²) in [7, 11) is 0.